The summed E-state index contributed by atoms with van der Waals surface area (Å²) in [6.45, 7) is 6.48. The van der Waals surface area contributed by atoms with Crippen LogP contribution in [0.5, 0.6) is 11.5 Å². The Morgan fingerprint density at radius 1 is 1.02 bits per heavy atom. The fraction of sp³-hybridized carbons (Fsp3) is 0.114. The van der Waals surface area contributed by atoms with Crippen LogP contribution in [0.3, 0.4) is 0 Å². The lowest BCUT2D eigenvalue weighted by Gasteiger charge is -2.17. The van der Waals surface area contributed by atoms with Crippen LogP contribution in [-0.4, -0.2) is 22.5 Å². The second-order valence-electron chi connectivity index (χ2n) is 10.1. The largest absolute Gasteiger partial charge is 0.490 e. The Labute approximate surface area is 277 Å². The number of aromatic nitrogens is 2. The number of nitrogens with zero attached hydrogens (tertiary/aromatic N) is 3. The Morgan fingerprint density at radius 3 is 2.67 bits per heavy atom. The van der Waals surface area contributed by atoms with Crippen molar-refractivity contribution in [1.29, 1.82) is 0 Å². The summed E-state index contributed by atoms with van der Waals surface area (Å²) in [6, 6.07) is 23.8. The second-order valence-corrected chi connectivity index (χ2v) is 11.8. The molecule has 7 nitrogen and oxygen atoms in total. The molecule has 6 rings (SSSR count). The molecule has 2 aromatic heterocycles. The van der Waals surface area contributed by atoms with Crippen molar-refractivity contribution >= 4 is 67.2 Å². The van der Waals surface area contributed by atoms with Gasteiger partial charge in [0.25, 0.3) is 5.56 Å². The number of furan rings is 1. The van der Waals surface area contributed by atoms with Gasteiger partial charge < -0.3 is 13.9 Å². The second kappa shape index (κ2) is 13.3. The molecule has 0 radical (unpaired) electrons. The molecule has 4 aromatic carbocycles. The number of para-hydroxylation sites is 1. The molecule has 6 aromatic rings. The average molecular weight is 703 g/mol. The normalized spacial score (nSPS) is 11.5. The van der Waals surface area contributed by atoms with Gasteiger partial charge in [0.2, 0.25) is 5.82 Å². The van der Waals surface area contributed by atoms with Crippen LogP contribution in [0, 0.1) is 0 Å². The first-order valence-corrected chi connectivity index (χ1v) is 15.6. The van der Waals surface area contributed by atoms with E-state index < -0.39 is 0 Å². The Balaban J connectivity index is 1.43. The van der Waals surface area contributed by atoms with E-state index in [0.717, 1.165) is 21.0 Å². The predicted octanol–water partition coefficient (Wildman–Crippen LogP) is 9.47. The topological polar surface area (TPSA) is 78.9 Å². The molecule has 0 aliphatic carbocycles. The third-order valence-corrected chi connectivity index (χ3v) is 8.19. The zero-order chi connectivity index (χ0) is 31.5. The Kier molecular flexibility index (Phi) is 9.07. The van der Waals surface area contributed by atoms with Crippen LogP contribution in [0.15, 0.2) is 110 Å². The van der Waals surface area contributed by atoms with E-state index in [2.05, 4.69) is 27.6 Å². The number of hydrogen-bond acceptors (Lipinski definition) is 6. The molecule has 0 saturated heterocycles. The highest BCUT2D eigenvalue weighted by atomic mass is 79.9. The fourth-order valence-corrected chi connectivity index (χ4v) is 5.62. The van der Waals surface area contributed by atoms with Gasteiger partial charge in [-0.3, -0.25) is 4.79 Å². The maximum atomic E-state index is 13.8. The molecule has 0 bridgehead atoms. The number of hydrogen-bond donors (Lipinski definition) is 0. The van der Waals surface area contributed by atoms with Gasteiger partial charge in [0.1, 0.15) is 12.2 Å². The lowest BCUT2D eigenvalue weighted by molar-refractivity contribution is 0.267. The molecule has 0 spiro atoms. The SMILES string of the molecule is C=CCc1cc(C=Nn2c(-c3cc4cc(Br)ccc4o3)nc3ccccc3c2=O)cc(OCC)c1OCc1ccc(Cl)c(Cl)c1. The van der Waals surface area contributed by atoms with E-state index in [4.69, 9.17) is 42.1 Å². The first-order valence-electron chi connectivity index (χ1n) is 14.1. The lowest BCUT2D eigenvalue weighted by atomic mass is 10.1. The molecule has 0 aliphatic rings. The van der Waals surface area contributed by atoms with Gasteiger partial charge >= 0.3 is 0 Å². The summed E-state index contributed by atoms with van der Waals surface area (Å²) in [7, 11) is 0. The average Bonchev–Trinajstić information content (AvgIpc) is 3.45. The molecule has 2 heterocycles. The van der Waals surface area contributed by atoms with Crippen LogP contribution in [0.4, 0.5) is 0 Å². The molecule has 0 amide bonds. The molecule has 0 N–H and O–H groups in total. The van der Waals surface area contributed by atoms with Crippen molar-refractivity contribution in [2.45, 2.75) is 20.0 Å². The molecule has 0 fully saturated rings. The Morgan fingerprint density at radius 2 is 1.87 bits per heavy atom. The van der Waals surface area contributed by atoms with Crippen molar-refractivity contribution < 1.29 is 13.9 Å². The molecule has 10 heteroatoms. The van der Waals surface area contributed by atoms with Gasteiger partial charge in [0.05, 0.1) is 33.8 Å². The van der Waals surface area contributed by atoms with Crippen LogP contribution in [0.25, 0.3) is 33.5 Å². The molecule has 0 saturated carbocycles. The van der Waals surface area contributed by atoms with Crippen molar-refractivity contribution in [2.75, 3.05) is 6.61 Å². The van der Waals surface area contributed by atoms with Crippen molar-refractivity contribution in [3.05, 3.63) is 133 Å². The standard InChI is InChI=1S/C35H26BrCl2N3O4/c1-3-7-23-14-22(16-31(43-4-2)33(23)44-20-21-10-12-27(37)28(38)15-21)19-39-41-34(40-29-9-6-5-8-26(29)35(41)42)32-18-24-17-25(36)11-13-30(24)45-32/h3,5-6,8-19H,1,4,7,20H2,2H3. The smallest absolute Gasteiger partial charge is 0.282 e. The van der Waals surface area contributed by atoms with Crippen LogP contribution in [-0.2, 0) is 13.0 Å². The van der Waals surface area contributed by atoms with Crippen molar-refractivity contribution in [1.82, 2.24) is 9.66 Å². The first-order chi connectivity index (χ1) is 21.8. The molecule has 45 heavy (non-hydrogen) atoms. The van der Waals surface area contributed by atoms with E-state index in [1.807, 2.05) is 55.5 Å². The minimum absolute atomic E-state index is 0.254. The molecule has 0 unspecified atom stereocenters. The summed E-state index contributed by atoms with van der Waals surface area (Å²) in [4.78, 5) is 18.5. The molecule has 0 aliphatic heterocycles. The van der Waals surface area contributed by atoms with E-state index in [1.165, 1.54) is 4.68 Å². The number of fused-ring (bicyclic) bond motifs is 2. The maximum absolute atomic E-state index is 13.8. The molecule has 226 valence electrons. The van der Waals surface area contributed by atoms with Crippen LogP contribution >= 0.6 is 39.1 Å². The monoisotopic (exact) mass is 701 g/mol. The van der Waals surface area contributed by atoms with Crippen LogP contribution in [0.1, 0.15) is 23.6 Å². The van der Waals surface area contributed by atoms with E-state index in [1.54, 1.807) is 42.6 Å². The van der Waals surface area contributed by atoms with E-state index in [9.17, 15) is 4.79 Å². The fourth-order valence-electron chi connectivity index (χ4n) is 4.92. The van der Waals surface area contributed by atoms with Crippen molar-refractivity contribution in [2.24, 2.45) is 5.10 Å². The number of benzene rings is 4. The summed E-state index contributed by atoms with van der Waals surface area (Å²) < 4.78 is 20.5. The summed E-state index contributed by atoms with van der Waals surface area (Å²) in [5.41, 5.74) is 3.27. The van der Waals surface area contributed by atoms with Crippen LogP contribution in [0.2, 0.25) is 10.0 Å². The third-order valence-electron chi connectivity index (χ3n) is 6.96. The summed E-state index contributed by atoms with van der Waals surface area (Å²) in [5.74, 6) is 1.81. The number of halogens is 3. The van der Waals surface area contributed by atoms with Crippen LogP contribution < -0.4 is 15.0 Å². The van der Waals surface area contributed by atoms with E-state index in [-0.39, 0.29) is 18.0 Å². The first kappa shape index (κ1) is 30.6. The minimum atomic E-state index is -0.327. The van der Waals surface area contributed by atoms with Gasteiger partial charge in [-0.1, -0.05) is 63.4 Å². The number of rotatable bonds is 10. The highest BCUT2D eigenvalue weighted by molar-refractivity contribution is 9.10. The van der Waals surface area contributed by atoms with Gasteiger partial charge in [-0.15, -0.1) is 6.58 Å². The van der Waals surface area contributed by atoms with E-state index in [0.29, 0.717) is 62.4 Å². The van der Waals surface area contributed by atoms with E-state index >= 15 is 0 Å². The van der Waals surface area contributed by atoms with Crippen molar-refractivity contribution in [3.8, 4) is 23.1 Å². The number of ether oxygens (including phenoxy) is 2. The molecule has 0 atom stereocenters. The predicted molar refractivity (Wildman–Crippen MR) is 184 cm³/mol. The highest BCUT2D eigenvalue weighted by Gasteiger charge is 2.18. The summed E-state index contributed by atoms with van der Waals surface area (Å²) in [6.07, 6.45) is 3.89. The third kappa shape index (κ3) is 6.54. The van der Waals surface area contributed by atoms with Gasteiger partial charge in [-0.2, -0.15) is 9.78 Å². The van der Waals surface area contributed by atoms with Gasteiger partial charge in [-0.25, -0.2) is 4.98 Å². The summed E-state index contributed by atoms with van der Waals surface area (Å²) in [5, 5.41) is 6.86. The van der Waals surface area contributed by atoms with Crippen molar-refractivity contribution in [3.63, 3.8) is 0 Å². The van der Waals surface area contributed by atoms with Gasteiger partial charge in [0, 0.05) is 15.4 Å². The highest BCUT2D eigenvalue weighted by Crippen LogP contribution is 2.35. The zero-order valence-electron chi connectivity index (χ0n) is 24.1. The Hall–Kier alpha value is -4.37. The minimum Gasteiger partial charge on any atom is -0.490 e. The summed E-state index contributed by atoms with van der Waals surface area (Å²) >= 11 is 15.8. The maximum Gasteiger partial charge on any atom is 0.282 e. The number of allylic oxidation sites excluding steroid dienone is 1. The zero-order valence-corrected chi connectivity index (χ0v) is 27.2. The molecular formula is C35H26BrCl2N3O4. The van der Waals surface area contributed by atoms with Gasteiger partial charge in [-0.05, 0) is 85.1 Å². The lowest BCUT2D eigenvalue weighted by Crippen LogP contribution is -2.20. The Bertz CT molecular complexity index is 2160. The quantitative estimate of drug-likeness (QED) is 0.105. The van der Waals surface area contributed by atoms with Gasteiger partial charge in [0.15, 0.2) is 17.3 Å². The molecular weight excluding hydrogens is 677 g/mol.